The Kier molecular flexibility index (Phi) is 4.10. The summed E-state index contributed by atoms with van der Waals surface area (Å²) in [5.41, 5.74) is 2.70. The fourth-order valence-electron chi connectivity index (χ4n) is 1.70. The van der Waals surface area contributed by atoms with Crippen LogP contribution >= 0.6 is 0 Å². The molecular formula is C15H15N3O2. The van der Waals surface area contributed by atoms with Crippen molar-refractivity contribution < 1.29 is 4.92 Å². The number of hydrogen-bond acceptors (Lipinski definition) is 4. The summed E-state index contributed by atoms with van der Waals surface area (Å²) in [4.78, 5) is 16.1. The maximum atomic E-state index is 10.6. The number of pyridine rings is 1. The van der Waals surface area contributed by atoms with Crippen LogP contribution in [0.25, 0.3) is 12.2 Å². The summed E-state index contributed by atoms with van der Waals surface area (Å²) in [7, 11) is 3.97. The molecule has 0 saturated heterocycles. The van der Waals surface area contributed by atoms with Gasteiger partial charge in [0.05, 0.1) is 0 Å². The van der Waals surface area contributed by atoms with Crippen LogP contribution < -0.4 is 4.90 Å². The maximum Gasteiger partial charge on any atom is 0.364 e. The van der Waals surface area contributed by atoms with Gasteiger partial charge in [-0.25, -0.2) is 0 Å². The first-order valence-electron chi connectivity index (χ1n) is 6.13. The van der Waals surface area contributed by atoms with Crippen LogP contribution in [0.5, 0.6) is 0 Å². The number of nitro groups is 1. The van der Waals surface area contributed by atoms with Crippen LogP contribution in [0, 0.1) is 10.1 Å². The van der Waals surface area contributed by atoms with Gasteiger partial charge in [0.1, 0.15) is 0 Å². The van der Waals surface area contributed by atoms with Crippen LogP contribution in [0.15, 0.2) is 42.5 Å². The number of benzene rings is 1. The monoisotopic (exact) mass is 269 g/mol. The summed E-state index contributed by atoms with van der Waals surface area (Å²) in [5, 5.41) is 10.6. The minimum atomic E-state index is -0.497. The fourth-order valence-corrected chi connectivity index (χ4v) is 1.70. The molecule has 0 bridgehead atoms. The average Bonchev–Trinajstić information content (AvgIpc) is 2.46. The Labute approximate surface area is 117 Å². The summed E-state index contributed by atoms with van der Waals surface area (Å²) in [6.45, 7) is 0. The van der Waals surface area contributed by atoms with E-state index in [1.807, 2.05) is 49.3 Å². The van der Waals surface area contributed by atoms with Crippen LogP contribution in [0.2, 0.25) is 0 Å². The molecule has 0 aliphatic rings. The van der Waals surface area contributed by atoms with Crippen molar-refractivity contribution in [3.05, 3.63) is 63.8 Å². The van der Waals surface area contributed by atoms with E-state index in [1.165, 1.54) is 6.07 Å². The molecule has 0 fully saturated rings. The van der Waals surface area contributed by atoms with Crippen LogP contribution in [-0.4, -0.2) is 24.0 Å². The highest BCUT2D eigenvalue weighted by molar-refractivity contribution is 5.69. The molecule has 5 heteroatoms. The Morgan fingerprint density at radius 3 is 2.40 bits per heavy atom. The molecular weight excluding hydrogens is 254 g/mol. The highest BCUT2D eigenvalue weighted by Gasteiger charge is 2.06. The highest BCUT2D eigenvalue weighted by Crippen LogP contribution is 2.15. The number of rotatable bonds is 4. The molecule has 1 aromatic carbocycles. The van der Waals surface area contributed by atoms with Gasteiger partial charge in [0.25, 0.3) is 0 Å². The van der Waals surface area contributed by atoms with E-state index in [9.17, 15) is 10.1 Å². The van der Waals surface area contributed by atoms with Gasteiger partial charge in [0, 0.05) is 25.8 Å². The van der Waals surface area contributed by atoms with Crippen LogP contribution in [0.4, 0.5) is 11.5 Å². The van der Waals surface area contributed by atoms with Crippen molar-refractivity contribution in [2.24, 2.45) is 0 Å². The molecule has 0 atom stereocenters. The van der Waals surface area contributed by atoms with Crippen molar-refractivity contribution in [2.75, 3.05) is 19.0 Å². The van der Waals surface area contributed by atoms with Crippen molar-refractivity contribution in [3.63, 3.8) is 0 Å². The molecule has 1 aromatic heterocycles. The molecule has 2 aromatic rings. The van der Waals surface area contributed by atoms with Gasteiger partial charge in [-0.15, -0.1) is 0 Å². The molecule has 0 radical (unpaired) electrons. The Morgan fingerprint density at radius 2 is 1.80 bits per heavy atom. The van der Waals surface area contributed by atoms with E-state index in [1.54, 1.807) is 18.2 Å². The summed E-state index contributed by atoms with van der Waals surface area (Å²) >= 11 is 0. The second-order valence-corrected chi connectivity index (χ2v) is 4.50. The normalized spacial score (nSPS) is 10.7. The number of anilines is 1. The molecule has 0 aliphatic carbocycles. The SMILES string of the molecule is CN(C)c1ccc(C=Cc2cccc([N+](=O)[O-])n2)cc1. The molecule has 2 rings (SSSR count). The number of nitrogens with zero attached hydrogens (tertiary/aromatic N) is 3. The van der Waals surface area contributed by atoms with Gasteiger partial charge in [-0.2, -0.15) is 0 Å². The van der Waals surface area contributed by atoms with Crippen molar-refractivity contribution >= 4 is 23.7 Å². The Balaban J connectivity index is 2.16. The van der Waals surface area contributed by atoms with E-state index in [2.05, 4.69) is 4.98 Å². The summed E-state index contributed by atoms with van der Waals surface area (Å²) < 4.78 is 0. The first-order chi connectivity index (χ1) is 9.56. The lowest BCUT2D eigenvalue weighted by Crippen LogP contribution is -2.07. The predicted molar refractivity (Wildman–Crippen MR) is 80.6 cm³/mol. The zero-order chi connectivity index (χ0) is 14.5. The van der Waals surface area contributed by atoms with Crippen molar-refractivity contribution in [2.45, 2.75) is 0 Å². The van der Waals surface area contributed by atoms with Gasteiger partial charge < -0.3 is 15.0 Å². The number of hydrogen-bond donors (Lipinski definition) is 0. The molecule has 5 nitrogen and oxygen atoms in total. The second-order valence-electron chi connectivity index (χ2n) is 4.50. The van der Waals surface area contributed by atoms with Gasteiger partial charge in [0.2, 0.25) is 0 Å². The lowest BCUT2D eigenvalue weighted by Gasteiger charge is -2.11. The van der Waals surface area contributed by atoms with Gasteiger partial charge in [-0.3, -0.25) is 0 Å². The van der Waals surface area contributed by atoms with Crippen molar-refractivity contribution in [1.29, 1.82) is 0 Å². The average molecular weight is 269 g/mol. The van der Waals surface area contributed by atoms with E-state index in [0.717, 1.165) is 11.3 Å². The van der Waals surface area contributed by atoms with Gasteiger partial charge in [0.15, 0.2) is 5.69 Å². The predicted octanol–water partition coefficient (Wildman–Crippen LogP) is 3.23. The van der Waals surface area contributed by atoms with Gasteiger partial charge in [-0.1, -0.05) is 18.2 Å². The first kappa shape index (κ1) is 13.7. The van der Waals surface area contributed by atoms with E-state index in [4.69, 9.17) is 0 Å². The third-order valence-corrected chi connectivity index (χ3v) is 2.80. The lowest BCUT2D eigenvalue weighted by molar-refractivity contribution is -0.389. The molecule has 1 heterocycles. The lowest BCUT2D eigenvalue weighted by atomic mass is 10.1. The molecule has 0 amide bonds. The summed E-state index contributed by atoms with van der Waals surface area (Å²) in [6.07, 6.45) is 3.64. The molecule has 102 valence electrons. The van der Waals surface area contributed by atoms with Crippen LogP contribution in [0.1, 0.15) is 11.3 Å². The highest BCUT2D eigenvalue weighted by atomic mass is 16.6. The van der Waals surface area contributed by atoms with Crippen LogP contribution in [-0.2, 0) is 0 Å². The topological polar surface area (TPSA) is 59.3 Å². The standard InChI is InChI=1S/C15H15N3O2/c1-17(2)14-10-7-12(8-11-14)6-9-13-4-3-5-15(16-13)18(19)20/h3-11H,1-2H3. The molecule has 0 N–H and O–H groups in total. The van der Waals surface area contributed by atoms with Gasteiger partial charge >= 0.3 is 5.82 Å². The summed E-state index contributed by atoms with van der Waals surface area (Å²) in [6, 6.07) is 12.7. The molecule has 0 spiro atoms. The number of aromatic nitrogens is 1. The van der Waals surface area contributed by atoms with E-state index in [-0.39, 0.29) is 5.82 Å². The van der Waals surface area contributed by atoms with Crippen molar-refractivity contribution in [1.82, 2.24) is 4.98 Å². The summed E-state index contributed by atoms with van der Waals surface area (Å²) in [5.74, 6) is -0.143. The van der Waals surface area contributed by atoms with Crippen LogP contribution in [0.3, 0.4) is 0 Å². The Hall–Kier alpha value is -2.69. The van der Waals surface area contributed by atoms with Crippen molar-refractivity contribution in [3.8, 4) is 0 Å². The third kappa shape index (κ3) is 3.41. The van der Waals surface area contributed by atoms with Gasteiger partial charge in [-0.05, 0) is 45.8 Å². The van der Waals surface area contributed by atoms with E-state index < -0.39 is 4.92 Å². The third-order valence-electron chi connectivity index (χ3n) is 2.80. The quantitative estimate of drug-likeness (QED) is 0.631. The Bertz CT molecular complexity index is 634. The minimum absolute atomic E-state index is 0.143. The first-order valence-corrected chi connectivity index (χ1v) is 6.13. The fraction of sp³-hybridized carbons (Fsp3) is 0.133. The second kappa shape index (κ2) is 5.97. The largest absolute Gasteiger partial charge is 0.378 e. The molecule has 0 aliphatic heterocycles. The smallest absolute Gasteiger partial charge is 0.364 e. The van der Waals surface area contributed by atoms with E-state index in [0.29, 0.717) is 5.69 Å². The minimum Gasteiger partial charge on any atom is -0.378 e. The maximum absolute atomic E-state index is 10.6. The zero-order valence-electron chi connectivity index (χ0n) is 11.4. The molecule has 0 unspecified atom stereocenters. The molecule has 0 saturated carbocycles. The van der Waals surface area contributed by atoms with E-state index >= 15 is 0 Å². The zero-order valence-corrected chi connectivity index (χ0v) is 11.4. The molecule has 20 heavy (non-hydrogen) atoms. The Morgan fingerprint density at radius 1 is 1.10 bits per heavy atom.